The predicted octanol–water partition coefficient (Wildman–Crippen LogP) is 2.11. The Bertz CT molecular complexity index is 135. The molecule has 0 N–H and O–H groups in total. The molecule has 2 nitrogen and oxygen atoms in total. The lowest BCUT2D eigenvalue weighted by atomic mass is 10.1. The summed E-state index contributed by atoms with van der Waals surface area (Å²) in [6, 6.07) is 1.23. The molecule has 0 aromatic carbocycles. The molecule has 3 heteroatoms. The molecule has 0 aromatic rings. The average molecular weight is 206 g/mol. The zero-order valence-corrected chi connectivity index (χ0v) is 9.39. The Labute approximate surface area is 86.2 Å². The van der Waals surface area contributed by atoms with Crippen molar-refractivity contribution in [1.29, 1.82) is 0 Å². The first-order valence-corrected chi connectivity index (χ1v) is 5.68. The molecule has 0 spiro atoms. The van der Waals surface area contributed by atoms with Crippen molar-refractivity contribution < 1.29 is 4.74 Å². The van der Waals surface area contributed by atoms with Gasteiger partial charge in [0.15, 0.2) is 0 Å². The van der Waals surface area contributed by atoms with E-state index in [4.69, 9.17) is 16.3 Å². The van der Waals surface area contributed by atoms with Crippen LogP contribution in [-0.4, -0.2) is 42.6 Å². The lowest BCUT2D eigenvalue weighted by Crippen LogP contribution is -2.41. The van der Waals surface area contributed by atoms with Gasteiger partial charge in [-0.1, -0.05) is 0 Å². The maximum absolute atomic E-state index is 5.70. The van der Waals surface area contributed by atoms with E-state index in [0.717, 1.165) is 32.1 Å². The highest BCUT2D eigenvalue weighted by molar-refractivity contribution is 6.17. The smallest absolute Gasteiger partial charge is 0.0622 e. The summed E-state index contributed by atoms with van der Waals surface area (Å²) in [6.07, 6.45) is 2.26. The van der Waals surface area contributed by atoms with Gasteiger partial charge in [-0.25, -0.2) is 0 Å². The highest BCUT2D eigenvalue weighted by Crippen LogP contribution is 2.15. The van der Waals surface area contributed by atoms with Crippen molar-refractivity contribution in [3.05, 3.63) is 0 Å². The molecule has 1 aliphatic rings. The van der Waals surface area contributed by atoms with E-state index < -0.39 is 0 Å². The number of hydrogen-bond donors (Lipinski definition) is 0. The minimum Gasteiger partial charge on any atom is -0.380 e. The minimum absolute atomic E-state index is 0.606. The molecule has 0 aromatic heterocycles. The Morgan fingerprint density at radius 3 is 2.77 bits per heavy atom. The van der Waals surface area contributed by atoms with E-state index in [1.807, 2.05) is 0 Å². The number of ether oxygens (including phenoxy) is 1. The van der Waals surface area contributed by atoms with Gasteiger partial charge in [0.2, 0.25) is 0 Å². The summed E-state index contributed by atoms with van der Waals surface area (Å²) in [4.78, 5) is 2.51. The predicted molar refractivity (Wildman–Crippen MR) is 56.4 cm³/mol. The molecule has 1 unspecified atom stereocenters. The molecule has 78 valence electrons. The quantitative estimate of drug-likeness (QED) is 0.638. The van der Waals surface area contributed by atoms with Crippen LogP contribution in [0.5, 0.6) is 0 Å². The van der Waals surface area contributed by atoms with E-state index in [2.05, 4.69) is 18.7 Å². The average Bonchev–Trinajstić information content (AvgIpc) is 2.57. The van der Waals surface area contributed by atoms with Gasteiger partial charge in [-0.05, 0) is 33.2 Å². The summed E-state index contributed by atoms with van der Waals surface area (Å²) in [5, 5.41) is 0. The fraction of sp³-hybridized carbons (Fsp3) is 1.00. The fourth-order valence-corrected chi connectivity index (χ4v) is 2.01. The molecular formula is C10H20ClNO. The summed E-state index contributed by atoms with van der Waals surface area (Å²) >= 11 is 5.70. The fourth-order valence-electron chi connectivity index (χ4n) is 1.89. The van der Waals surface area contributed by atoms with Gasteiger partial charge >= 0.3 is 0 Å². The maximum Gasteiger partial charge on any atom is 0.0622 e. The molecule has 0 bridgehead atoms. The molecule has 1 atom stereocenters. The van der Waals surface area contributed by atoms with Crippen LogP contribution in [0.15, 0.2) is 0 Å². The summed E-state index contributed by atoms with van der Waals surface area (Å²) in [5.74, 6) is 0.761. The normalized spacial score (nSPS) is 23.3. The van der Waals surface area contributed by atoms with Crippen LogP contribution in [-0.2, 0) is 4.74 Å². The van der Waals surface area contributed by atoms with Crippen molar-refractivity contribution in [2.45, 2.75) is 38.8 Å². The van der Waals surface area contributed by atoms with Crippen LogP contribution in [0.4, 0.5) is 0 Å². The van der Waals surface area contributed by atoms with E-state index in [-0.39, 0.29) is 0 Å². The van der Waals surface area contributed by atoms with Gasteiger partial charge in [-0.2, -0.15) is 0 Å². The van der Waals surface area contributed by atoms with Crippen LogP contribution in [0.25, 0.3) is 0 Å². The summed E-state index contributed by atoms with van der Waals surface area (Å²) < 4.78 is 5.39. The number of nitrogens with zero attached hydrogens (tertiary/aromatic N) is 1. The van der Waals surface area contributed by atoms with Gasteiger partial charge in [-0.3, -0.25) is 4.90 Å². The van der Waals surface area contributed by atoms with Crippen LogP contribution in [0.2, 0.25) is 0 Å². The van der Waals surface area contributed by atoms with E-state index in [1.165, 1.54) is 6.42 Å². The van der Waals surface area contributed by atoms with Crippen molar-refractivity contribution in [3.8, 4) is 0 Å². The summed E-state index contributed by atoms with van der Waals surface area (Å²) in [6.45, 7) is 7.42. The Morgan fingerprint density at radius 1 is 1.54 bits per heavy atom. The summed E-state index contributed by atoms with van der Waals surface area (Å²) in [7, 11) is 0. The Morgan fingerprint density at radius 2 is 2.31 bits per heavy atom. The Hall–Kier alpha value is 0.210. The number of hydrogen-bond acceptors (Lipinski definition) is 2. The molecule has 1 rings (SSSR count). The first kappa shape index (κ1) is 11.3. The van der Waals surface area contributed by atoms with Gasteiger partial charge in [0, 0.05) is 24.6 Å². The van der Waals surface area contributed by atoms with Crippen molar-refractivity contribution >= 4 is 11.6 Å². The zero-order valence-electron chi connectivity index (χ0n) is 8.63. The van der Waals surface area contributed by atoms with E-state index in [1.54, 1.807) is 0 Å². The highest BCUT2D eigenvalue weighted by Gasteiger charge is 2.24. The molecule has 1 aliphatic heterocycles. The summed E-state index contributed by atoms with van der Waals surface area (Å²) in [5.41, 5.74) is 0. The monoisotopic (exact) mass is 205 g/mol. The van der Waals surface area contributed by atoms with Gasteiger partial charge in [0.05, 0.1) is 6.61 Å². The van der Waals surface area contributed by atoms with E-state index in [0.29, 0.717) is 12.1 Å². The largest absolute Gasteiger partial charge is 0.380 e. The van der Waals surface area contributed by atoms with Crippen LogP contribution in [0, 0.1) is 0 Å². The molecule has 1 fully saturated rings. The van der Waals surface area contributed by atoms with Gasteiger partial charge in [-0.15, -0.1) is 11.6 Å². The van der Waals surface area contributed by atoms with Crippen molar-refractivity contribution in [1.82, 2.24) is 4.90 Å². The SMILES string of the molecule is CC(C)N(CCCCl)C1CCOC1. The van der Waals surface area contributed by atoms with Crippen LogP contribution in [0.3, 0.4) is 0 Å². The molecule has 0 amide bonds. The van der Waals surface area contributed by atoms with Gasteiger partial charge in [0.1, 0.15) is 0 Å². The lowest BCUT2D eigenvalue weighted by molar-refractivity contribution is 0.121. The second-order valence-corrected chi connectivity index (χ2v) is 4.27. The molecular weight excluding hydrogens is 186 g/mol. The molecule has 0 radical (unpaired) electrons. The van der Waals surface area contributed by atoms with E-state index >= 15 is 0 Å². The second-order valence-electron chi connectivity index (χ2n) is 3.89. The second kappa shape index (κ2) is 5.84. The van der Waals surface area contributed by atoms with Gasteiger partial charge < -0.3 is 4.74 Å². The molecule has 1 heterocycles. The number of alkyl halides is 1. The van der Waals surface area contributed by atoms with Crippen molar-refractivity contribution in [3.63, 3.8) is 0 Å². The van der Waals surface area contributed by atoms with Gasteiger partial charge in [0.25, 0.3) is 0 Å². The highest BCUT2D eigenvalue weighted by atomic mass is 35.5. The van der Waals surface area contributed by atoms with E-state index in [9.17, 15) is 0 Å². The number of halogens is 1. The van der Waals surface area contributed by atoms with Crippen molar-refractivity contribution in [2.24, 2.45) is 0 Å². The third-order valence-electron chi connectivity index (χ3n) is 2.59. The molecule has 0 aliphatic carbocycles. The third-order valence-corrected chi connectivity index (χ3v) is 2.86. The van der Waals surface area contributed by atoms with Crippen LogP contribution in [0.1, 0.15) is 26.7 Å². The molecule has 1 saturated heterocycles. The van der Waals surface area contributed by atoms with Crippen LogP contribution < -0.4 is 0 Å². The molecule has 0 saturated carbocycles. The van der Waals surface area contributed by atoms with Crippen LogP contribution >= 0.6 is 11.6 Å². The Kier molecular flexibility index (Phi) is 5.07. The lowest BCUT2D eigenvalue weighted by Gasteiger charge is -2.31. The zero-order chi connectivity index (χ0) is 9.68. The Balaban J connectivity index is 2.36. The van der Waals surface area contributed by atoms with Crippen molar-refractivity contribution in [2.75, 3.05) is 25.6 Å². The molecule has 13 heavy (non-hydrogen) atoms. The topological polar surface area (TPSA) is 12.5 Å². The maximum atomic E-state index is 5.70. The third kappa shape index (κ3) is 3.45. The standard InChI is InChI=1S/C10H20ClNO/c1-9(2)12(6-3-5-11)10-4-7-13-8-10/h9-10H,3-8H2,1-2H3. The first-order chi connectivity index (χ1) is 6.25. The number of rotatable bonds is 5. The first-order valence-electron chi connectivity index (χ1n) is 5.15. The minimum atomic E-state index is 0.606.